The second kappa shape index (κ2) is 9.59. The normalized spacial score (nSPS) is 10.9. The molecular formula is C20H22IN3OS. The number of thiophene rings is 1. The van der Waals surface area contributed by atoms with Gasteiger partial charge in [-0.25, -0.2) is 4.99 Å². The number of nitrogens with two attached hydrogens (primary N) is 1. The SMILES string of the molecule is COc1ccc(-c2csc(CN=C(N)Nc3ccc(C)cc3)c2)cc1.I. The minimum Gasteiger partial charge on any atom is -0.497 e. The van der Waals surface area contributed by atoms with Crippen molar-refractivity contribution in [3.8, 4) is 16.9 Å². The summed E-state index contributed by atoms with van der Waals surface area (Å²) in [6.07, 6.45) is 0. The standard InChI is InChI=1S/C20H21N3OS.HI/c1-14-3-7-17(8-4-14)23-20(21)22-12-19-11-16(13-25-19)15-5-9-18(24-2)10-6-15;/h3-11,13H,12H2,1-2H3,(H3,21,22,23);1H. The van der Waals surface area contributed by atoms with E-state index in [4.69, 9.17) is 10.5 Å². The van der Waals surface area contributed by atoms with Crippen LogP contribution in [0.25, 0.3) is 11.1 Å². The molecule has 4 nitrogen and oxygen atoms in total. The summed E-state index contributed by atoms with van der Waals surface area (Å²) in [4.78, 5) is 5.59. The molecule has 6 heteroatoms. The van der Waals surface area contributed by atoms with Crippen LogP contribution in [0, 0.1) is 6.92 Å². The maximum Gasteiger partial charge on any atom is 0.193 e. The molecule has 0 atom stereocenters. The molecule has 136 valence electrons. The number of anilines is 1. The van der Waals surface area contributed by atoms with Crippen LogP contribution in [0.15, 0.2) is 65.0 Å². The predicted octanol–water partition coefficient (Wildman–Crippen LogP) is 5.28. The highest BCUT2D eigenvalue weighted by Crippen LogP contribution is 2.27. The highest BCUT2D eigenvalue weighted by Gasteiger charge is 2.03. The first-order valence-electron chi connectivity index (χ1n) is 7.99. The van der Waals surface area contributed by atoms with Gasteiger partial charge in [-0.3, -0.25) is 0 Å². The fraction of sp³-hybridized carbons (Fsp3) is 0.150. The molecule has 0 aliphatic heterocycles. The van der Waals surface area contributed by atoms with Gasteiger partial charge in [0.05, 0.1) is 13.7 Å². The van der Waals surface area contributed by atoms with Crippen molar-refractivity contribution in [1.82, 2.24) is 0 Å². The van der Waals surface area contributed by atoms with Gasteiger partial charge in [-0.05, 0) is 53.8 Å². The molecule has 0 amide bonds. The molecule has 3 rings (SSSR count). The molecule has 0 aliphatic carbocycles. The van der Waals surface area contributed by atoms with Gasteiger partial charge in [0.2, 0.25) is 0 Å². The first kappa shape index (κ1) is 20.3. The summed E-state index contributed by atoms with van der Waals surface area (Å²) in [7, 11) is 1.67. The molecule has 3 N–H and O–H groups in total. The Labute approximate surface area is 175 Å². The van der Waals surface area contributed by atoms with E-state index in [1.807, 2.05) is 36.4 Å². The summed E-state index contributed by atoms with van der Waals surface area (Å²) >= 11 is 1.68. The van der Waals surface area contributed by atoms with Gasteiger partial charge in [0.1, 0.15) is 5.75 Å². The number of ether oxygens (including phenoxy) is 1. The zero-order valence-corrected chi connectivity index (χ0v) is 17.9. The van der Waals surface area contributed by atoms with Crippen molar-refractivity contribution in [2.75, 3.05) is 12.4 Å². The van der Waals surface area contributed by atoms with E-state index in [9.17, 15) is 0 Å². The van der Waals surface area contributed by atoms with Gasteiger partial charge < -0.3 is 15.8 Å². The van der Waals surface area contributed by atoms with E-state index in [0.717, 1.165) is 17.0 Å². The summed E-state index contributed by atoms with van der Waals surface area (Å²) in [5, 5.41) is 5.24. The third-order valence-corrected chi connectivity index (χ3v) is 4.73. The van der Waals surface area contributed by atoms with Crippen LogP contribution in [0.3, 0.4) is 0 Å². The van der Waals surface area contributed by atoms with Crippen molar-refractivity contribution in [2.45, 2.75) is 13.5 Å². The summed E-state index contributed by atoms with van der Waals surface area (Å²) in [5.74, 6) is 1.28. The maximum atomic E-state index is 5.97. The topological polar surface area (TPSA) is 59.6 Å². The number of nitrogens with zero attached hydrogens (tertiary/aromatic N) is 1. The largest absolute Gasteiger partial charge is 0.497 e. The molecule has 0 saturated heterocycles. The Kier molecular flexibility index (Phi) is 7.47. The van der Waals surface area contributed by atoms with E-state index < -0.39 is 0 Å². The van der Waals surface area contributed by atoms with E-state index in [1.165, 1.54) is 16.0 Å². The molecule has 0 radical (unpaired) electrons. The Bertz CT molecular complexity index is 858. The molecule has 0 saturated carbocycles. The van der Waals surface area contributed by atoms with Crippen LogP contribution in [0.4, 0.5) is 5.69 Å². The van der Waals surface area contributed by atoms with Crippen LogP contribution < -0.4 is 15.8 Å². The van der Waals surface area contributed by atoms with Crippen molar-refractivity contribution < 1.29 is 4.74 Å². The summed E-state index contributed by atoms with van der Waals surface area (Å²) in [5.41, 5.74) is 10.5. The first-order valence-corrected chi connectivity index (χ1v) is 8.87. The van der Waals surface area contributed by atoms with Gasteiger partial charge in [-0.1, -0.05) is 29.8 Å². The van der Waals surface area contributed by atoms with Crippen LogP contribution in [0.2, 0.25) is 0 Å². The Morgan fingerprint density at radius 2 is 1.77 bits per heavy atom. The maximum absolute atomic E-state index is 5.97. The lowest BCUT2D eigenvalue weighted by Crippen LogP contribution is -2.22. The van der Waals surface area contributed by atoms with Crippen molar-refractivity contribution in [3.63, 3.8) is 0 Å². The average Bonchev–Trinajstić information content (AvgIpc) is 3.11. The minimum absolute atomic E-state index is 0. The molecule has 0 spiro atoms. The third kappa shape index (κ3) is 5.47. The van der Waals surface area contributed by atoms with Gasteiger partial charge in [-0.15, -0.1) is 35.3 Å². The number of halogens is 1. The third-order valence-electron chi connectivity index (χ3n) is 3.81. The number of hydrogen-bond donors (Lipinski definition) is 2. The molecule has 1 heterocycles. The number of aryl methyl sites for hydroxylation is 1. The van der Waals surface area contributed by atoms with Gasteiger partial charge in [0.25, 0.3) is 0 Å². The van der Waals surface area contributed by atoms with Crippen molar-refractivity contribution in [3.05, 3.63) is 70.4 Å². The van der Waals surface area contributed by atoms with Gasteiger partial charge in [0, 0.05) is 10.6 Å². The average molecular weight is 479 g/mol. The molecule has 0 bridgehead atoms. The van der Waals surface area contributed by atoms with Crippen LogP contribution in [0.5, 0.6) is 5.75 Å². The first-order chi connectivity index (χ1) is 12.1. The number of hydrogen-bond acceptors (Lipinski definition) is 3. The minimum atomic E-state index is 0. The Balaban J connectivity index is 0.00000243. The number of methoxy groups -OCH3 is 1. The van der Waals surface area contributed by atoms with E-state index in [0.29, 0.717) is 12.5 Å². The number of nitrogens with one attached hydrogen (secondary N) is 1. The second-order valence-electron chi connectivity index (χ2n) is 5.72. The predicted molar refractivity (Wildman–Crippen MR) is 122 cm³/mol. The molecule has 3 aromatic rings. The molecule has 26 heavy (non-hydrogen) atoms. The molecule has 0 fully saturated rings. The van der Waals surface area contributed by atoms with E-state index in [-0.39, 0.29) is 24.0 Å². The lowest BCUT2D eigenvalue weighted by molar-refractivity contribution is 0.415. The van der Waals surface area contributed by atoms with Crippen LogP contribution in [-0.2, 0) is 6.54 Å². The fourth-order valence-corrected chi connectivity index (χ4v) is 3.20. The zero-order valence-electron chi connectivity index (χ0n) is 14.7. The number of guanidine groups is 1. The van der Waals surface area contributed by atoms with Crippen LogP contribution in [-0.4, -0.2) is 13.1 Å². The lowest BCUT2D eigenvalue weighted by atomic mass is 10.1. The smallest absolute Gasteiger partial charge is 0.193 e. The van der Waals surface area contributed by atoms with E-state index in [2.05, 4.69) is 40.8 Å². The highest BCUT2D eigenvalue weighted by atomic mass is 127. The number of aliphatic imine (C=N–C) groups is 1. The summed E-state index contributed by atoms with van der Waals surface area (Å²) in [6.45, 7) is 2.62. The van der Waals surface area contributed by atoms with Crippen molar-refractivity contribution in [1.29, 1.82) is 0 Å². The van der Waals surface area contributed by atoms with Gasteiger partial charge >= 0.3 is 0 Å². The van der Waals surface area contributed by atoms with Crippen LogP contribution in [0.1, 0.15) is 10.4 Å². The quantitative estimate of drug-likeness (QED) is 0.298. The van der Waals surface area contributed by atoms with Gasteiger partial charge in [-0.2, -0.15) is 0 Å². The lowest BCUT2D eigenvalue weighted by Gasteiger charge is -2.05. The Hall–Kier alpha value is -2.06. The van der Waals surface area contributed by atoms with Crippen molar-refractivity contribution >= 4 is 47.0 Å². The molecular weight excluding hydrogens is 457 g/mol. The summed E-state index contributed by atoms with van der Waals surface area (Å²) in [6, 6.07) is 18.3. The monoisotopic (exact) mass is 479 g/mol. The molecule has 2 aromatic carbocycles. The molecule has 1 aromatic heterocycles. The Morgan fingerprint density at radius 1 is 1.08 bits per heavy atom. The van der Waals surface area contributed by atoms with Crippen LogP contribution >= 0.6 is 35.3 Å². The molecule has 0 aliphatic rings. The van der Waals surface area contributed by atoms with Gasteiger partial charge in [0.15, 0.2) is 5.96 Å². The Morgan fingerprint density at radius 3 is 2.42 bits per heavy atom. The fourth-order valence-electron chi connectivity index (χ4n) is 2.39. The van der Waals surface area contributed by atoms with Crippen molar-refractivity contribution in [2.24, 2.45) is 10.7 Å². The number of rotatable bonds is 5. The summed E-state index contributed by atoms with van der Waals surface area (Å²) < 4.78 is 5.19. The van der Waals surface area contributed by atoms with E-state index in [1.54, 1.807) is 18.4 Å². The highest BCUT2D eigenvalue weighted by molar-refractivity contribution is 14.0. The second-order valence-corrected chi connectivity index (χ2v) is 6.72. The zero-order chi connectivity index (χ0) is 17.6. The molecule has 0 unspecified atom stereocenters. The number of benzene rings is 2. The van der Waals surface area contributed by atoms with E-state index >= 15 is 0 Å².